The summed E-state index contributed by atoms with van der Waals surface area (Å²) >= 11 is 0. The number of halogens is 1. The van der Waals surface area contributed by atoms with Crippen molar-refractivity contribution < 1.29 is 9.53 Å². The van der Waals surface area contributed by atoms with Crippen LogP contribution in [-0.2, 0) is 9.53 Å². The largest absolute Gasteiger partial charge is 0.381 e. The van der Waals surface area contributed by atoms with Crippen molar-refractivity contribution in [1.82, 2.24) is 20.0 Å². The van der Waals surface area contributed by atoms with Crippen molar-refractivity contribution >= 4 is 35.8 Å². The summed E-state index contributed by atoms with van der Waals surface area (Å²) in [6, 6.07) is 0. The lowest BCUT2D eigenvalue weighted by molar-refractivity contribution is -0.127. The number of rotatable bonds is 6. The van der Waals surface area contributed by atoms with Gasteiger partial charge in [-0.25, -0.2) is 4.99 Å². The minimum atomic E-state index is 0. The summed E-state index contributed by atoms with van der Waals surface area (Å²) in [7, 11) is 3.56. The second-order valence-electron chi connectivity index (χ2n) is 8.15. The molecule has 156 valence electrons. The number of amides is 1. The first-order valence-corrected chi connectivity index (χ1v) is 10.2. The van der Waals surface area contributed by atoms with Crippen LogP contribution in [0.5, 0.6) is 0 Å². The Hall–Kier alpha value is -0.610. The molecular formula is C19H36IN5O2. The highest BCUT2D eigenvalue weighted by Crippen LogP contribution is 2.20. The molecule has 0 aromatic carbocycles. The quantitative estimate of drug-likeness (QED) is 0.341. The van der Waals surface area contributed by atoms with E-state index in [0.29, 0.717) is 11.8 Å². The number of hydrogen-bond acceptors (Lipinski definition) is 4. The number of guanidine groups is 1. The Kier molecular flexibility index (Phi) is 9.58. The van der Waals surface area contributed by atoms with Crippen LogP contribution < -0.4 is 5.32 Å². The van der Waals surface area contributed by atoms with Crippen molar-refractivity contribution in [2.45, 2.75) is 25.7 Å². The Bertz CT molecular complexity index is 490. The van der Waals surface area contributed by atoms with Gasteiger partial charge in [0.25, 0.3) is 0 Å². The van der Waals surface area contributed by atoms with E-state index in [4.69, 9.17) is 4.74 Å². The molecule has 0 aromatic heterocycles. The molecule has 0 aromatic rings. The van der Waals surface area contributed by atoms with Crippen LogP contribution in [-0.4, -0.2) is 99.7 Å². The van der Waals surface area contributed by atoms with E-state index >= 15 is 0 Å². The van der Waals surface area contributed by atoms with Crippen LogP contribution >= 0.6 is 24.0 Å². The molecule has 1 amide bonds. The van der Waals surface area contributed by atoms with Gasteiger partial charge in [0.15, 0.2) is 5.96 Å². The molecule has 0 saturated carbocycles. The summed E-state index contributed by atoms with van der Waals surface area (Å²) in [6.07, 6.45) is 5.02. The minimum absolute atomic E-state index is 0. The van der Waals surface area contributed by atoms with E-state index in [-0.39, 0.29) is 36.4 Å². The first-order valence-electron chi connectivity index (χ1n) is 10.2. The number of aliphatic imine (C=N–C) groups is 1. The molecule has 8 heteroatoms. The molecule has 7 nitrogen and oxygen atoms in total. The van der Waals surface area contributed by atoms with Gasteiger partial charge in [-0.05, 0) is 44.7 Å². The van der Waals surface area contributed by atoms with Gasteiger partial charge in [0, 0.05) is 52.8 Å². The first kappa shape index (κ1) is 22.7. The molecule has 3 aliphatic rings. The Morgan fingerprint density at radius 1 is 1.19 bits per heavy atom. The van der Waals surface area contributed by atoms with Gasteiger partial charge in [-0.15, -0.1) is 24.0 Å². The van der Waals surface area contributed by atoms with Crippen LogP contribution in [0.4, 0.5) is 0 Å². The molecular weight excluding hydrogens is 457 g/mol. The van der Waals surface area contributed by atoms with Crippen LogP contribution in [0.15, 0.2) is 4.99 Å². The average Bonchev–Trinajstić information content (AvgIpc) is 3.37. The molecule has 0 spiro atoms. The molecule has 27 heavy (non-hydrogen) atoms. The minimum Gasteiger partial charge on any atom is -0.381 e. The number of carbonyl (C=O) groups excluding carboxylic acids is 1. The van der Waals surface area contributed by atoms with Crippen molar-refractivity contribution in [2.75, 3.05) is 73.1 Å². The molecule has 3 rings (SSSR count). The molecule has 1 N–H and O–H groups in total. The van der Waals surface area contributed by atoms with E-state index in [1.807, 2.05) is 0 Å². The third kappa shape index (κ3) is 7.05. The molecule has 3 saturated heterocycles. The fraction of sp³-hybridized carbons (Fsp3) is 0.895. The lowest BCUT2D eigenvalue weighted by Crippen LogP contribution is -2.43. The Morgan fingerprint density at radius 3 is 2.63 bits per heavy atom. The molecule has 2 unspecified atom stereocenters. The Morgan fingerprint density at radius 2 is 1.96 bits per heavy atom. The van der Waals surface area contributed by atoms with Gasteiger partial charge in [-0.3, -0.25) is 4.79 Å². The van der Waals surface area contributed by atoms with Gasteiger partial charge >= 0.3 is 0 Å². The SMILES string of the molecule is CN(C)C(=O)CN=C(NCC1CCOC1)N1CCC(CN2CCCC2)C1.I. The van der Waals surface area contributed by atoms with E-state index in [9.17, 15) is 4.79 Å². The number of likely N-dealkylation sites (tertiary alicyclic amines) is 2. The van der Waals surface area contributed by atoms with Crippen molar-refractivity contribution in [3.8, 4) is 0 Å². The second kappa shape index (κ2) is 11.4. The number of nitrogens with one attached hydrogen (secondary N) is 1. The number of nitrogens with zero attached hydrogens (tertiary/aromatic N) is 4. The summed E-state index contributed by atoms with van der Waals surface area (Å²) in [5.41, 5.74) is 0. The number of hydrogen-bond donors (Lipinski definition) is 1. The fourth-order valence-corrected chi connectivity index (χ4v) is 4.04. The van der Waals surface area contributed by atoms with E-state index in [0.717, 1.165) is 45.2 Å². The monoisotopic (exact) mass is 493 g/mol. The van der Waals surface area contributed by atoms with Gasteiger partial charge in [-0.1, -0.05) is 0 Å². The zero-order valence-electron chi connectivity index (χ0n) is 16.9. The van der Waals surface area contributed by atoms with Crippen LogP contribution in [0.1, 0.15) is 25.7 Å². The topological polar surface area (TPSA) is 60.4 Å². The lowest BCUT2D eigenvalue weighted by atomic mass is 10.1. The molecule has 3 aliphatic heterocycles. The number of ether oxygens (including phenoxy) is 1. The van der Waals surface area contributed by atoms with Crippen molar-refractivity contribution in [2.24, 2.45) is 16.8 Å². The third-order valence-corrected chi connectivity index (χ3v) is 5.74. The predicted octanol–water partition coefficient (Wildman–Crippen LogP) is 1.09. The summed E-state index contributed by atoms with van der Waals surface area (Å²) in [5.74, 6) is 2.20. The molecule has 2 atom stereocenters. The summed E-state index contributed by atoms with van der Waals surface area (Å²) < 4.78 is 5.48. The van der Waals surface area contributed by atoms with E-state index < -0.39 is 0 Å². The highest BCUT2D eigenvalue weighted by atomic mass is 127. The summed E-state index contributed by atoms with van der Waals surface area (Å²) in [5, 5.41) is 3.52. The van der Waals surface area contributed by atoms with Crippen molar-refractivity contribution in [3.63, 3.8) is 0 Å². The van der Waals surface area contributed by atoms with Gasteiger partial charge < -0.3 is 24.8 Å². The molecule has 0 aliphatic carbocycles. The Balaban J connectivity index is 0.00000261. The first-order chi connectivity index (χ1) is 12.6. The maximum atomic E-state index is 12.0. The molecule has 3 heterocycles. The third-order valence-electron chi connectivity index (χ3n) is 5.74. The standard InChI is InChI=1S/C19H35N5O2.HI/c1-22(2)18(25)12-21-19(20-11-16-6-10-26-15-16)24-9-5-17(14-24)13-23-7-3-4-8-23;/h16-17H,3-15H2,1-2H3,(H,20,21);1H. The second-order valence-corrected chi connectivity index (χ2v) is 8.15. The van der Waals surface area contributed by atoms with Gasteiger partial charge in [0.2, 0.25) is 5.91 Å². The van der Waals surface area contributed by atoms with E-state index in [2.05, 4.69) is 20.1 Å². The van der Waals surface area contributed by atoms with E-state index in [1.165, 1.54) is 38.9 Å². The molecule has 0 radical (unpaired) electrons. The van der Waals surface area contributed by atoms with Crippen molar-refractivity contribution in [1.29, 1.82) is 0 Å². The zero-order chi connectivity index (χ0) is 18.4. The Labute approximate surface area is 180 Å². The zero-order valence-corrected chi connectivity index (χ0v) is 19.2. The van der Waals surface area contributed by atoms with Crippen LogP contribution in [0.2, 0.25) is 0 Å². The van der Waals surface area contributed by atoms with Crippen LogP contribution in [0, 0.1) is 11.8 Å². The average molecular weight is 493 g/mol. The number of carbonyl (C=O) groups is 1. The normalized spacial score (nSPS) is 26.3. The maximum Gasteiger partial charge on any atom is 0.243 e. The predicted molar refractivity (Wildman–Crippen MR) is 119 cm³/mol. The highest BCUT2D eigenvalue weighted by Gasteiger charge is 2.28. The molecule has 0 bridgehead atoms. The summed E-state index contributed by atoms with van der Waals surface area (Å²) in [6.45, 7) is 8.57. The highest BCUT2D eigenvalue weighted by molar-refractivity contribution is 14.0. The fourth-order valence-electron chi connectivity index (χ4n) is 4.04. The summed E-state index contributed by atoms with van der Waals surface area (Å²) in [4.78, 5) is 23.2. The van der Waals surface area contributed by atoms with Gasteiger partial charge in [0.05, 0.1) is 6.61 Å². The maximum absolute atomic E-state index is 12.0. The van der Waals surface area contributed by atoms with Gasteiger partial charge in [0.1, 0.15) is 6.54 Å². The van der Waals surface area contributed by atoms with Gasteiger partial charge in [-0.2, -0.15) is 0 Å². The van der Waals surface area contributed by atoms with E-state index in [1.54, 1.807) is 19.0 Å². The van der Waals surface area contributed by atoms with Crippen LogP contribution in [0.3, 0.4) is 0 Å². The lowest BCUT2D eigenvalue weighted by Gasteiger charge is -2.24. The number of likely N-dealkylation sites (N-methyl/N-ethyl adjacent to an activating group) is 1. The van der Waals surface area contributed by atoms with Crippen LogP contribution in [0.25, 0.3) is 0 Å². The smallest absolute Gasteiger partial charge is 0.243 e. The molecule has 3 fully saturated rings. The van der Waals surface area contributed by atoms with Crippen molar-refractivity contribution in [3.05, 3.63) is 0 Å².